The Hall–Kier alpha value is -2.90. The number of benzene rings is 2. The molecule has 166 valence electrons. The molecule has 1 aliphatic carbocycles. The summed E-state index contributed by atoms with van der Waals surface area (Å²) in [6, 6.07) is 7.92. The lowest BCUT2D eigenvalue weighted by atomic mass is 9.86. The van der Waals surface area contributed by atoms with Crippen LogP contribution < -0.4 is 19.5 Å². The van der Waals surface area contributed by atoms with Crippen molar-refractivity contribution in [1.29, 1.82) is 0 Å². The highest BCUT2D eigenvalue weighted by molar-refractivity contribution is 5.92. The third-order valence-electron chi connectivity index (χ3n) is 5.66. The van der Waals surface area contributed by atoms with Crippen molar-refractivity contribution in [3.8, 4) is 23.0 Å². The number of hydrogen-bond acceptors (Lipinski definition) is 4. The van der Waals surface area contributed by atoms with E-state index in [1.54, 1.807) is 18.2 Å². The third-order valence-corrected chi connectivity index (χ3v) is 5.66. The van der Waals surface area contributed by atoms with E-state index >= 15 is 0 Å². The molecule has 0 saturated heterocycles. The van der Waals surface area contributed by atoms with E-state index in [0.29, 0.717) is 23.2 Å². The van der Waals surface area contributed by atoms with Gasteiger partial charge in [0.2, 0.25) is 12.7 Å². The maximum atomic E-state index is 13.2. The molecule has 31 heavy (non-hydrogen) atoms. The van der Waals surface area contributed by atoms with E-state index in [2.05, 4.69) is 5.32 Å². The van der Waals surface area contributed by atoms with Crippen LogP contribution in [0.4, 0.5) is 18.9 Å². The Balaban J connectivity index is 1.50. The Labute approximate surface area is 178 Å². The Morgan fingerprint density at radius 3 is 2.58 bits per heavy atom. The third kappa shape index (κ3) is 5.42. The molecule has 1 amide bonds. The standard InChI is InChI=1S/C23H24F3NO4/c24-23(25,26)16-7-9-19(31-17-8-10-20-21(13-17)30-14-29-20)18(12-16)27-22(28)11-6-15-4-2-1-3-5-15/h7-10,12-13,15H,1-6,11,14H2,(H,27,28). The summed E-state index contributed by atoms with van der Waals surface area (Å²) in [4.78, 5) is 12.5. The SMILES string of the molecule is O=C(CCC1CCCCC1)Nc1cc(C(F)(F)F)ccc1Oc1ccc2c(c1)OCO2. The van der Waals surface area contributed by atoms with Crippen molar-refractivity contribution < 1.29 is 32.2 Å². The van der Waals surface area contributed by atoms with Gasteiger partial charge in [0.05, 0.1) is 11.3 Å². The molecule has 0 radical (unpaired) electrons. The van der Waals surface area contributed by atoms with Crippen molar-refractivity contribution >= 4 is 11.6 Å². The van der Waals surface area contributed by atoms with Gasteiger partial charge < -0.3 is 19.5 Å². The molecular weight excluding hydrogens is 411 g/mol. The van der Waals surface area contributed by atoms with Crippen LogP contribution in [0.5, 0.6) is 23.0 Å². The number of anilines is 1. The highest BCUT2D eigenvalue weighted by Gasteiger charge is 2.31. The number of hydrogen-bond donors (Lipinski definition) is 1. The van der Waals surface area contributed by atoms with Crippen LogP contribution in [-0.4, -0.2) is 12.7 Å². The fraction of sp³-hybridized carbons (Fsp3) is 0.435. The number of fused-ring (bicyclic) bond motifs is 1. The second-order valence-corrected chi connectivity index (χ2v) is 7.92. The normalized spacial score (nSPS) is 16.2. The lowest BCUT2D eigenvalue weighted by Crippen LogP contribution is -2.16. The minimum Gasteiger partial charge on any atom is -0.455 e. The second kappa shape index (κ2) is 9.08. The Morgan fingerprint density at radius 1 is 1.03 bits per heavy atom. The van der Waals surface area contributed by atoms with Crippen molar-refractivity contribution in [2.24, 2.45) is 5.92 Å². The van der Waals surface area contributed by atoms with Crippen molar-refractivity contribution in [2.45, 2.75) is 51.1 Å². The van der Waals surface area contributed by atoms with Gasteiger partial charge in [-0.25, -0.2) is 0 Å². The van der Waals surface area contributed by atoms with E-state index in [0.717, 1.165) is 31.4 Å². The van der Waals surface area contributed by atoms with Gasteiger partial charge in [-0.2, -0.15) is 13.2 Å². The van der Waals surface area contributed by atoms with Crippen molar-refractivity contribution in [1.82, 2.24) is 0 Å². The molecule has 2 aromatic rings. The maximum absolute atomic E-state index is 13.2. The van der Waals surface area contributed by atoms with Gasteiger partial charge in [0.1, 0.15) is 5.75 Å². The van der Waals surface area contributed by atoms with Crippen LogP contribution >= 0.6 is 0 Å². The molecule has 2 aromatic carbocycles. The molecule has 1 N–H and O–H groups in total. The molecule has 0 bridgehead atoms. The quantitative estimate of drug-likeness (QED) is 0.561. The first-order chi connectivity index (χ1) is 14.9. The summed E-state index contributed by atoms with van der Waals surface area (Å²) in [5.41, 5.74) is -0.866. The average molecular weight is 435 g/mol. The van der Waals surface area contributed by atoms with E-state index < -0.39 is 11.7 Å². The number of halogens is 3. The molecular formula is C23H24F3NO4. The summed E-state index contributed by atoms with van der Waals surface area (Å²) in [6.45, 7) is 0.0986. The molecule has 0 aromatic heterocycles. The summed E-state index contributed by atoms with van der Waals surface area (Å²) >= 11 is 0. The van der Waals surface area contributed by atoms with Crippen LogP contribution in [0.15, 0.2) is 36.4 Å². The molecule has 8 heteroatoms. The summed E-state index contributed by atoms with van der Waals surface area (Å²) in [6.07, 6.45) is 2.27. The van der Waals surface area contributed by atoms with Crippen LogP contribution in [0, 0.1) is 5.92 Å². The molecule has 2 aliphatic rings. The lowest BCUT2D eigenvalue weighted by molar-refractivity contribution is -0.137. The molecule has 0 unspecified atom stereocenters. The molecule has 4 rings (SSSR count). The van der Waals surface area contributed by atoms with Crippen LogP contribution in [0.25, 0.3) is 0 Å². The zero-order chi connectivity index (χ0) is 21.8. The number of carbonyl (C=O) groups excluding carboxylic acids is 1. The maximum Gasteiger partial charge on any atom is 0.416 e. The van der Waals surface area contributed by atoms with E-state index in [4.69, 9.17) is 14.2 Å². The number of amides is 1. The van der Waals surface area contributed by atoms with E-state index in [1.165, 1.54) is 25.3 Å². The molecule has 0 atom stereocenters. The summed E-state index contributed by atoms with van der Waals surface area (Å²) in [5, 5.41) is 2.62. The Morgan fingerprint density at radius 2 is 1.81 bits per heavy atom. The fourth-order valence-electron chi connectivity index (χ4n) is 3.98. The lowest BCUT2D eigenvalue weighted by Gasteiger charge is -2.21. The minimum atomic E-state index is -4.53. The first-order valence-corrected chi connectivity index (χ1v) is 10.5. The van der Waals surface area contributed by atoms with E-state index in [9.17, 15) is 18.0 Å². The molecule has 1 saturated carbocycles. The van der Waals surface area contributed by atoms with Crippen molar-refractivity contribution in [3.05, 3.63) is 42.0 Å². The van der Waals surface area contributed by atoms with Crippen molar-refractivity contribution in [3.63, 3.8) is 0 Å². The van der Waals surface area contributed by atoms with Gasteiger partial charge in [-0.3, -0.25) is 4.79 Å². The second-order valence-electron chi connectivity index (χ2n) is 7.92. The van der Waals surface area contributed by atoms with Crippen LogP contribution in [0.2, 0.25) is 0 Å². The zero-order valence-corrected chi connectivity index (χ0v) is 17.0. The Bertz CT molecular complexity index is 939. The van der Waals surface area contributed by atoms with Gasteiger partial charge in [0.15, 0.2) is 17.2 Å². The number of rotatable bonds is 6. The summed E-state index contributed by atoms with van der Waals surface area (Å²) in [7, 11) is 0. The predicted octanol–water partition coefficient (Wildman–Crippen LogP) is 6.53. The molecule has 1 aliphatic heterocycles. The predicted molar refractivity (Wildman–Crippen MR) is 109 cm³/mol. The number of ether oxygens (including phenoxy) is 3. The monoisotopic (exact) mass is 435 g/mol. The van der Waals surface area contributed by atoms with Gasteiger partial charge in [0, 0.05) is 12.5 Å². The molecule has 0 spiro atoms. The van der Waals surface area contributed by atoms with Gasteiger partial charge in [-0.05, 0) is 42.7 Å². The van der Waals surface area contributed by atoms with Gasteiger partial charge in [-0.1, -0.05) is 32.1 Å². The summed E-state index contributed by atoms with van der Waals surface area (Å²) in [5.74, 6) is 1.73. The first kappa shape index (κ1) is 21.3. The first-order valence-electron chi connectivity index (χ1n) is 10.5. The van der Waals surface area contributed by atoms with E-state index in [1.807, 2.05) is 0 Å². The van der Waals surface area contributed by atoms with Crippen LogP contribution in [-0.2, 0) is 11.0 Å². The smallest absolute Gasteiger partial charge is 0.416 e. The van der Waals surface area contributed by atoms with Crippen LogP contribution in [0.1, 0.15) is 50.5 Å². The van der Waals surface area contributed by atoms with Gasteiger partial charge in [-0.15, -0.1) is 0 Å². The molecule has 5 nitrogen and oxygen atoms in total. The zero-order valence-electron chi connectivity index (χ0n) is 17.0. The van der Waals surface area contributed by atoms with Crippen LogP contribution in [0.3, 0.4) is 0 Å². The minimum absolute atomic E-state index is 0.0128. The number of alkyl halides is 3. The number of carbonyl (C=O) groups is 1. The van der Waals surface area contributed by atoms with Crippen molar-refractivity contribution in [2.75, 3.05) is 12.1 Å². The average Bonchev–Trinajstić information content (AvgIpc) is 3.21. The Kier molecular flexibility index (Phi) is 6.25. The highest BCUT2D eigenvalue weighted by Crippen LogP contribution is 2.40. The summed E-state index contributed by atoms with van der Waals surface area (Å²) < 4.78 is 56.0. The largest absolute Gasteiger partial charge is 0.455 e. The highest BCUT2D eigenvalue weighted by atomic mass is 19.4. The number of nitrogens with one attached hydrogen (secondary N) is 1. The fourth-order valence-corrected chi connectivity index (χ4v) is 3.98. The molecule has 1 heterocycles. The molecule has 1 fully saturated rings. The van der Waals surface area contributed by atoms with E-state index in [-0.39, 0.29) is 30.6 Å². The van der Waals surface area contributed by atoms with Gasteiger partial charge >= 0.3 is 6.18 Å². The topological polar surface area (TPSA) is 56.8 Å². The van der Waals surface area contributed by atoms with Gasteiger partial charge in [0.25, 0.3) is 0 Å².